The Hall–Kier alpha value is -3.39. The molecular weight excluding hydrogens is 384 g/mol. The molecule has 0 saturated carbocycles. The van der Waals surface area contributed by atoms with Crippen molar-refractivity contribution in [1.29, 1.82) is 0 Å². The highest BCUT2D eigenvalue weighted by molar-refractivity contribution is 6.32. The molecular formula is C19H15ClN4O4. The quantitative estimate of drug-likeness (QED) is 0.538. The van der Waals surface area contributed by atoms with E-state index in [4.69, 9.17) is 21.1 Å². The van der Waals surface area contributed by atoms with Crippen LogP contribution in [0.1, 0.15) is 16.1 Å². The van der Waals surface area contributed by atoms with Gasteiger partial charge >= 0.3 is 0 Å². The molecule has 1 amide bonds. The van der Waals surface area contributed by atoms with E-state index < -0.39 is 5.91 Å². The standard InChI is InChI=1S/C19H15ClN4O4/c1-24-19(26)13-5-3-2-4-12(13)16(23-24)18(25)22-21-10-11-8-14(20)17-15(9-11)27-6-7-28-17/h2-5,8-10H,6-7H2,1H3,(H,22,25)/b21-10-. The van der Waals surface area contributed by atoms with E-state index in [-0.39, 0.29) is 11.3 Å². The molecule has 0 aliphatic carbocycles. The number of fused-ring (bicyclic) bond motifs is 2. The Labute approximate surface area is 164 Å². The lowest BCUT2D eigenvalue weighted by Crippen LogP contribution is -2.27. The van der Waals surface area contributed by atoms with Crippen LogP contribution >= 0.6 is 11.6 Å². The van der Waals surface area contributed by atoms with Crippen molar-refractivity contribution in [2.45, 2.75) is 0 Å². The Morgan fingerprint density at radius 3 is 2.82 bits per heavy atom. The fourth-order valence-electron chi connectivity index (χ4n) is 2.89. The summed E-state index contributed by atoms with van der Waals surface area (Å²) in [6.45, 7) is 0.878. The molecule has 4 rings (SSSR count). The van der Waals surface area contributed by atoms with Gasteiger partial charge in [0, 0.05) is 12.4 Å². The smallest absolute Gasteiger partial charge is 0.292 e. The molecule has 28 heavy (non-hydrogen) atoms. The molecule has 3 aromatic rings. The van der Waals surface area contributed by atoms with Gasteiger partial charge in [0.2, 0.25) is 0 Å². The number of aromatic nitrogens is 2. The zero-order valence-electron chi connectivity index (χ0n) is 14.8. The predicted molar refractivity (Wildman–Crippen MR) is 104 cm³/mol. The molecule has 0 bridgehead atoms. The summed E-state index contributed by atoms with van der Waals surface area (Å²) in [5, 5.41) is 9.29. The van der Waals surface area contributed by atoms with Gasteiger partial charge in [-0.3, -0.25) is 9.59 Å². The topological polar surface area (TPSA) is 94.8 Å². The van der Waals surface area contributed by atoms with Crippen molar-refractivity contribution < 1.29 is 14.3 Å². The number of halogens is 1. The van der Waals surface area contributed by atoms with Crippen LogP contribution in [0.3, 0.4) is 0 Å². The Bertz CT molecular complexity index is 1170. The maximum Gasteiger partial charge on any atom is 0.292 e. The van der Waals surface area contributed by atoms with E-state index in [1.54, 1.807) is 36.4 Å². The number of hydrogen-bond donors (Lipinski definition) is 1. The van der Waals surface area contributed by atoms with Crippen molar-refractivity contribution in [2.24, 2.45) is 12.1 Å². The van der Waals surface area contributed by atoms with Gasteiger partial charge in [0.25, 0.3) is 11.5 Å². The highest BCUT2D eigenvalue weighted by atomic mass is 35.5. The zero-order valence-corrected chi connectivity index (χ0v) is 15.6. The Balaban J connectivity index is 1.59. The van der Waals surface area contributed by atoms with Crippen molar-refractivity contribution in [3.05, 3.63) is 63.0 Å². The lowest BCUT2D eigenvalue weighted by Gasteiger charge is -2.19. The number of amides is 1. The number of nitrogens with zero attached hydrogens (tertiary/aromatic N) is 3. The summed E-state index contributed by atoms with van der Waals surface area (Å²) >= 11 is 6.19. The minimum Gasteiger partial charge on any atom is -0.486 e. The third-order valence-electron chi connectivity index (χ3n) is 4.17. The van der Waals surface area contributed by atoms with E-state index in [9.17, 15) is 9.59 Å². The summed E-state index contributed by atoms with van der Waals surface area (Å²) in [5.74, 6) is 0.485. The molecule has 0 atom stereocenters. The summed E-state index contributed by atoms with van der Waals surface area (Å²) in [6, 6.07) is 10.2. The molecule has 0 unspecified atom stereocenters. The van der Waals surface area contributed by atoms with Crippen molar-refractivity contribution in [3.8, 4) is 11.5 Å². The molecule has 1 N–H and O–H groups in total. The SMILES string of the molecule is Cn1nc(C(=O)N/N=C\c2cc(Cl)c3c(c2)OCCO3)c2ccccc2c1=O. The van der Waals surface area contributed by atoms with E-state index in [0.717, 1.165) is 4.68 Å². The molecule has 1 aromatic heterocycles. The Morgan fingerprint density at radius 1 is 1.25 bits per heavy atom. The number of hydrazone groups is 1. The van der Waals surface area contributed by atoms with Crippen LogP contribution in [0.5, 0.6) is 11.5 Å². The van der Waals surface area contributed by atoms with Crippen molar-refractivity contribution >= 4 is 34.5 Å². The fraction of sp³-hybridized carbons (Fsp3) is 0.158. The normalized spacial score (nSPS) is 13.1. The highest BCUT2D eigenvalue weighted by Gasteiger charge is 2.17. The maximum absolute atomic E-state index is 12.5. The van der Waals surface area contributed by atoms with Crippen LogP contribution in [0.2, 0.25) is 5.02 Å². The van der Waals surface area contributed by atoms with Crippen LogP contribution in [-0.2, 0) is 7.05 Å². The molecule has 0 radical (unpaired) electrons. The van der Waals surface area contributed by atoms with E-state index >= 15 is 0 Å². The van der Waals surface area contributed by atoms with Crippen molar-refractivity contribution in [3.63, 3.8) is 0 Å². The number of hydrogen-bond acceptors (Lipinski definition) is 6. The average Bonchev–Trinajstić information content (AvgIpc) is 2.71. The zero-order chi connectivity index (χ0) is 19.7. The van der Waals surface area contributed by atoms with Gasteiger partial charge in [0.1, 0.15) is 13.2 Å². The van der Waals surface area contributed by atoms with Gasteiger partial charge in [-0.25, -0.2) is 10.1 Å². The molecule has 0 saturated heterocycles. The molecule has 1 aliphatic heterocycles. The van der Waals surface area contributed by atoms with E-state index in [0.29, 0.717) is 46.1 Å². The largest absolute Gasteiger partial charge is 0.486 e. The second-order valence-electron chi connectivity index (χ2n) is 6.05. The van der Waals surface area contributed by atoms with Crippen molar-refractivity contribution in [2.75, 3.05) is 13.2 Å². The molecule has 1 aliphatic rings. The first-order chi connectivity index (χ1) is 13.5. The molecule has 2 aromatic carbocycles. The third-order valence-corrected chi connectivity index (χ3v) is 4.45. The number of carbonyl (C=O) groups is 1. The molecule has 8 nitrogen and oxygen atoms in total. The summed E-state index contributed by atoms with van der Waals surface area (Å²) < 4.78 is 12.1. The van der Waals surface area contributed by atoms with Crippen molar-refractivity contribution in [1.82, 2.24) is 15.2 Å². The fourth-order valence-corrected chi connectivity index (χ4v) is 3.16. The number of ether oxygens (including phenoxy) is 2. The summed E-state index contributed by atoms with van der Waals surface area (Å²) in [4.78, 5) is 24.7. The van der Waals surface area contributed by atoms with E-state index in [2.05, 4.69) is 15.6 Å². The number of aryl methyl sites for hydroxylation is 1. The van der Waals surface area contributed by atoms with Gasteiger partial charge in [0.15, 0.2) is 17.2 Å². The van der Waals surface area contributed by atoms with Gasteiger partial charge in [0.05, 0.1) is 16.6 Å². The first-order valence-corrected chi connectivity index (χ1v) is 8.81. The van der Waals surface area contributed by atoms with Crippen LogP contribution in [0, 0.1) is 0 Å². The van der Waals surface area contributed by atoms with Crippen LogP contribution in [0.25, 0.3) is 10.8 Å². The average molecular weight is 399 g/mol. The van der Waals surface area contributed by atoms with Gasteiger partial charge in [-0.2, -0.15) is 10.2 Å². The molecule has 0 spiro atoms. The van der Waals surface area contributed by atoms with Crippen LogP contribution in [-0.4, -0.2) is 35.1 Å². The lowest BCUT2D eigenvalue weighted by atomic mass is 10.1. The lowest BCUT2D eigenvalue weighted by molar-refractivity contribution is 0.0950. The minimum absolute atomic E-state index is 0.107. The second-order valence-corrected chi connectivity index (χ2v) is 6.46. The predicted octanol–water partition coefficient (Wildman–Crippen LogP) is 2.12. The summed E-state index contributed by atoms with van der Waals surface area (Å²) in [7, 11) is 1.49. The summed E-state index contributed by atoms with van der Waals surface area (Å²) in [6.07, 6.45) is 1.44. The van der Waals surface area contributed by atoms with E-state index in [1.165, 1.54) is 13.3 Å². The van der Waals surface area contributed by atoms with Gasteiger partial charge in [-0.15, -0.1) is 0 Å². The van der Waals surface area contributed by atoms with E-state index in [1.807, 2.05) is 0 Å². The Kier molecular flexibility index (Phi) is 4.70. The number of carbonyl (C=O) groups excluding carboxylic acids is 1. The minimum atomic E-state index is -0.535. The van der Waals surface area contributed by atoms with Gasteiger partial charge in [-0.05, 0) is 23.8 Å². The first-order valence-electron chi connectivity index (χ1n) is 8.43. The maximum atomic E-state index is 12.5. The van der Waals surface area contributed by atoms with Crippen LogP contribution in [0.4, 0.5) is 0 Å². The van der Waals surface area contributed by atoms with Gasteiger partial charge in [-0.1, -0.05) is 29.8 Å². The summed E-state index contributed by atoms with van der Waals surface area (Å²) in [5.41, 5.74) is 2.89. The monoisotopic (exact) mass is 398 g/mol. The van der Waals surface area contributed by atoms with Crippen LogP contribution < -0.4 is 20.5 Å². The van der Waals surface area contributed by atoms with Gasteiger partial charge < -0.3 is 9.47 Å². The second kappa shape index (κ2) is 7.32. The number of rotatable bonds is 3. The molecule has 2 heterocycles. The Morgan fingerprint density at radius 2 is 2.00 bits per heavy atom. The number of benzene rings is 2. The molecule has 9 heteroatoms. The molecule has 0 fully saturated rings. The first kappa shape index (κ1) is 18.0. The highest BCUT2D eigenvalue weighted by Crippen LogP contribution is 2.37. The third kappa shape index (κ3) is 3.29. The molecule has 142 valence electrons. The number of nitrogens with one attached hydrogen (secondary N) is 1. The van der Waals surface area contributed by atoms with Crippen LogP contribution in [0.15, 0.2) is 46.3 Å².